The number of fused-ring (bicyclic) bond motifs is 2. The van der Waals surface area contributed by atoms with Gasteiger partial charge in [0.25, 0.3) is 5.91 Å². The number of nitrogens with one attached hydrogen (secondary N) is 1. The predicted octanol–water partition coefficient (Wildman–Crippen LogP) is 1.05. The standard InChI is InChI=1S/C19H23N3O4/c1-2-21-10-19(18(25)26)11-22(9-14(19)17(21)24)16(23)13-7-3-5-12-6-4-8-20-15(12)13/h3,5,7,14,20H,2,4,6,8-11H2,1H3,(H,25,26)/t14-,19+/m1/s1. The fourth-order valence-corrected chi connectivity index (χ4v) is 4.59. The van der Waals surface area contributed by atoms with Crippen LogP contribution in [-0.2, 0) is 16.0 Å². The number of anilines is 1. The zero-order valence-corrected chi connectivity index (χ0v) is 14.8. The largest absolute Gasteiger partial charge is 0.481 e. The third kappa shape index (κ3) is 2.29. The van der Waals surface area contributed by atoms with Crippen LogP contribution in [0.4, 0.5) is 5.69 Å². The van der Waals surface area contributed by atoms with Gasteiger partial charge in [-0.25, -0.2) is 0 Å². The molecule has 2 atom stereocenters. The number of carbonyl (C=O) groups excluding carboxylic acids is 2. The number of hydrogen-bond acceptors (Lipinski definition) is 4. The summed E-state index contributed by atoms with van der Waals surface area (Å²) >= 11 is 0. The first-order valence-corrected chi connectivity index (χ1v) is 9.15. The van der Waals surface area contributed by atoms with Gasteiger partial charge in [0.2, 0.25) is 5.91 Å². The molecule has 0 aromatic heterocycles. The number of aryl methyl sites for hydroxylation is 1. The number of amides is 2. The van der Waals surface area contributed by atoms with E-state index in [2.05, 4.69) is 5.32 Å². The summed E-state index contributed by atoms with van der Waals surface area (Å²) in [6.07, 6.45) is 1.95. The van der Waals surface area contributed by atoms with Crippen molar-refractivity contribution in [2.24, 2.45) is 11.3 Å². The van der Waals surface area contributed by atoms with Crippen molar-refractivity contribution >= 4 is 23.5 Å². The zero-order valence-electron chi connectivity index (χ0n) is 14.8. The number of carbonyl (C=O) groups is 3. The van der Waals surface area contributed by atoms with E-state index in [9.17, 15) is 19.5 Å². The Balaban J connectivity index is 1.64. The molecule has 2 fully saturated rings. The molecule has 1 aromatic rings. The number of para-hydroxylation sites is 1. The van der Waals surface area contributed by atoms with Gasteiger partial charge in [0.05, 0.1) is 17.2 Å². The van der Waals surface area contributed by atoms with Crippen LogP contribution in [0.5, 0.6) is 0 Å². The van der Waals surface area contributed by atoms with E-state index in [0.29, 0.717) is 12.1 Å². The first-order valence-electron chi connectivity index (χ1n) is 9.15. The molecule has 0 spiro atoms. The lowest BCUT2D eigenvalue weighted by atomic mass is 9.81. The Morgan fingerprint density at radius 2 is 2.15 bits per heavy atom. The molecule has 2 amide bonds. The first kappa shape index (κ1) is 16.9. The quantitative estimate of drug-likeness (QED) is 0.844. The Labute approximate surface area is 152 Å². The molecule has 0 bridgehead atoms. The minimum Gasteiger partial charge on any atom is -0.481 e. The number of hydrogen-bond donors (Lipinski definition) is 2. The van der Waals surface area contributed by atoms with E-state index in [-0.39, 0.29) is 31.4 Å². The van der Waals surface area contributed by atoms with E-state index in [0.717, 1.165) is 30.6 Å². The summed E-state index contributed by atoms with van der Waals surface area (Å²) in [4.78, 5) is 40.9. The average Bonchev–Trinajstić information content (AvgIpc) is 3.16. The molecule has 1 aromatic carbocycles. The number of carboxylic acids is 1. The highest BCUT2D eigenvalue weighted by Gasteiger charge is 2.62. The molecule has 2 saturated heterocycles. The van der Waals surface area contributed by atoms with E-state index in [1.165, 1.54) is 0 Å². The fraction of sp³-hybridized carbons (Fsp3) is 0.526. The molecule has 7 heteroatoms. The monoisotopic (exact) mass is 357 g/mol. The summed E-state index contributed by atoms with van der Waals surface area (Å²) in [5, 5.41) is 13.1. The van der Waals surface area contributed by atoms with Crippen molar-refractivity contribution in [1.29, 1.82) is 0 Å². The number of carboxylic acid groups (broad SMARTS) is 1. The van der Waals surface area contributed by atoms with Crippen molar-refractivity contribution in [3.05, 3.63) is 29.3 Å². The van der Waals surface area contributed by atoms with Crippen molar-refractivity contribution < 1.29 is 19.5 Å². The van der Waals surface area contributed by atoms with Crippen molar-refractivity contribution in [2.45, 2.75) is 19.8 Å². The van der Waals surface area contributed by atoms with Gasteiger partial charge in [-0.2, -0.15) is 0 Å². The maximum Gasteiger partial charge on any atom is 0.314 e. The molecule has 3 aliphatic heterocycles. The summed E-state index contributed by atoms with van der Waals surface area (Å²) in [5.41, 5.74) is 1.35. The normalized spacial score (nSPS) is 27.1. The second-order valence-electron chi connectivity index (χ2n) is 7.42. The van der Waals surface area contributed by atoms with Gasteiger partial charge < -0.3 is 20.2 Å². The highest BCUT2D eigenvalue weighted by atomic mass is 16.4. The van der Waals surface area contributed by atoms with Crippen molar-refractivity contribution in [1.82, 2.24) is 9.80 Å². The molecule has 3 aliphatic rings. The van der Waals surface area contributed by atoms with Crippen LogP contribution in [0.3, 0.4) is 0 Å². The molecule has 26 heavy (non-hydrogen) atoms. The summed E-state index contributed by atoms with van der Waals surface area (Å²) in [6.45, 7) is 3.59. The first-order chi connectivity index (χ1) is 12.5. The molecule has 0 unspecified atom stereocenters. The Bertz CT molecular complexity index is 793. The molecular weight excluding hydrogens is 334 g/mol. The molecule has 138 valence electrons. The van der Waals surface area contributed by atoms with E-state index in [1.807, 2.05) is 19.1 Å². The highest BCUT2D eigenvalue weighted by molar-refractivity contribution is 6.02. The van der Waals surface area contributed by atoms with Gasteiger partial charge in [0, 0.05) is 32.7 Å². The average molecular weight is 357 g/mol. The number of benzene rings is 1. The van der Waals surface area contributed by atoms with Crippen LogP contribution in [-0.4, -0.2) is 65.4 Å². The van der Waals surface area contributed by atoms with Crippen LogP contribution < -0.4 is 5.32 Å². The Morgan fingerprint density at radius 3 is 2.85 bits per heavy atom. The van der Waals surface area contributed by atoms with Crippen molar-refractivity contribution in [3.63, 3.8) is 0 Å². The fourth-order valence-electron chi connectivity index (χ4n) is 4.59. The lowest BCUT2D eigenvalue weighted by Crippen LogP contribution is -2.42. The molecule has 0 saturated carbocycles. The minimum atomic E-state index is -1.19. The van der Waals surface area contributed by atoms with Crippen LogP contribution in [0.2, 0.25) is 0 Å². The second-order valence-corrected chi connectivity index (χ2v) is 7.42. The number of nitrogens with zero attached hydrogens (tertiary/aromatic N) is 2. The zero-order chi connectivity index (χ0) is 18.5. The maximum absolute atomic E-state index is 13.1. The summed E-state index contributed by atoms with van der Waals surface area (Å²) in [7, 11) is 0. The van der Waals surface area contributed by atoms with E-state index < -0.39 is 17.3 Å². The van der Waals surface area contributed by atoms with Crippen LogP contribution in [0, 0.1) is 11.3 Å². The number of rotatable bonds is 3. The smallest absolute Gasteiger partial charge is 0.314 e. The van der Waals surface area contributed by atoms with Crippen LogP contribution >= 0.6 is 0 Å². The van der Waals surface area contributed by atoms with Crippen molar-refractivity contribution in [3.8, 4) is 0 Å². The Kier molecular flexibility index (Phi) is 3.89. The van der Waals surface area contributed by atoms with Gasteiger partial charge in [-0.15, -0.1) is 0 Å². The van der Waals surface area contributed by atoms with E-state index in [1.54, 1.807) is 15.9 Å². The number of likely N-dealkylation sites (tertiary alicyclic amines) is 2. The maximum atomic E-state index is 13.1. The van der Waals surface area contributed by atoms with Crippen LogP contribution in [0.25, 0.3) is 0 Å². The Morgan fingerprint density at radius 1 is 1.35 bits per heavy atom. The molecular formula is C19H23N3O4. The summed E-state index contributed by atoms with van der Waals surface area (Å²) in [6, 6.07) is 5.66. The predicted molar refractivity (Wildman–Crippen MR) is 95.0 cm³/mol. The minimum absolute atomic E-state index is 0.0811. The van der Waals surface area contributed by atoms with Gasteiger partial charge in [-0.05, 0) is 31.4 Å². The lowest BCUT2D eigenvalue weighted by Gasteiger charge is -2.26. The molecule has 7 nitrogen and oxygen atoms in total. The Hall–Kier alpha value is -2.57. The second kappa shape index (κ2) is 6.00. The molecule has 0 aliphatic carbocycles. The van der Waals surface area contributed by atoms with Crippen LogP contribution in [0.15, 0.2) is 18.2 Å². The van der Waals surface area contributed by atoms with Gasteiger partial charge in [0.15, 0.2) is 0 Å². The summed E-state index contributed by atoms with van der Waals surface area (Å²) in [5.74, 6) is -1.99. The molecule has 2 N–H and O–H groups in total. The van der Waals surface area contributed by atoms with E-state index in [4.69, 9.17) is 0 Å². The highest BCUT2D eigenvalue weighted by Crippen LogP contribution is 2.44. The summed E-state index contributed by atoms with van der Waals surface area (Å²) < 4.78 is 0. The topological polar surface area (TPSA) is 90.0 Å². The van der Waals surface area contributed by atoms with Gasteiger partial charge >= 0.3 is 5.97 Å². The van der Waals surface area contributed by atoms with E-state index >= 15 is 0 Å². The molecule has 4 rings (SSSR count). The SMILES string of the molecule is CCN1C[C@]2(C(=O)O)CN(C(=O)c3cccc4c3NCCC4)C[C@@H]2C1=O. The molecule has 3 heterocycles. The third-order valence-electron chi connectivity index (χ3n) is 6.03. The van der Waals surface area contributed by atoms with Gasteiger partial charge in [-0.3, -0.25) is 14.4 Å². The van der Waals surface area contributed by atoms with Gasteiger partial charge in [0.1, 0.15) is 5.41 Å². The number of aliphatic carboxylic acids is 1. The lowest BCUT2D eigenvalue weighted by molar-refractivity contribution is -0.149. The van der Waals surface area contributed by atoms with Gasteiger partial charge in [-0.1, -0.05) is 12.1 Å². The van der Waals surface area contributed by atoms with Crippen molar-refractivity contribution in [2.75, 3.05) is 38.0 Å². The third-order valence-corrected chi connectivity index (χ3v) is 6.03. The van der Waals surface area contributed by atoms with Crippen LogP contribution in [0.1, 0.15) is 29.3 Å². The molecule has 0 radical (unpaired) electrons.